The maximum atomic E-state index is 14.4. The van der Waals surface area contributed by atoms with Crippen molar-refractivity contribution in [3.05, 3.63) is 136 Å². The Kier molecular flexibility index (Phi) is 8.58. The molecule has 0 unspecified atom stereocenters. The Morgan fingerprint density at radius 1 is 0.761 bits per heavy atom. The first-order chi connectivity index (χ1) is 22.0. The number of allylic oxidation sites excluding steroid dienone is 7. The third kappa shape index (κ3) is 5.33. The summed E-state index contributed by atoms with van der Waals surface area (Å²) in [6, 6.07) is 26.2. The highest BCUT2D eigenvalue weighted by Gasteiger charge is 2.44. The Morgan fingerprint density at radius 2 is 1.43 bits per heavy atom. The van der Waals surface area contributed by atoms with E-state index in [1.54, 1.807) is 24.3 Å². The van der Waals surface area contributed by atoms with Gasteiger partial charge in [-0.15, -0.1) is 0 Å². The molecule has 0 aromatic heterocycles. The molecule has 2 heterocycles. The van der Waals surface area contributed by atoms with Crippen LogP contribution in [-0.4, -0.2) is 31.8 Å². The van der Waals surface area contributed by atoms with Crippen molar-refractivity contribution in [3.63, 3.8) is 0 Å². The van der Waals surface area contributed by atoms with Gasteiger partial charge in [-0.2, -0.15) is 4.58 Å². The minimum atomic E-state index is -3.75. The van der Waals surface area contributed by atoms with Crippen LogP contribution in [0.25, 0.3) is 0 Å². The van der Waals surface area contributed by atoms with Crippen molar-refractivity contribution < 1.29 is 13.0 Å². The molecule has 3 aromatic carbocycles. The fourth-order valence-electron chi connectivity index (χ4n) is 7.65. The van der Waals surface area contributed by atoms with Crippen molar-refractivity contribution in [1.29, 1.82) is 0 Å². The number of hydrogen-bond donors (Lipinski definition) is 0. The van der Waals surface area contributed by atoms with Crippen LogP contribution in [0.15, 0.2) is 130 Å². The molecule has 0 bridgehead atoms. The second-order valence-corrected chi connectivity index (χ2v) is 15.6. The topological polar surface area (TPSA) is 40.4 Å². The number of sulfone groups is 1. The number of nitrogens with zero attached hydrogens (tertiary/aromatic N) is 2. The van der Waals surface area contributed by atoms with Gasteiger partial charge in [-0.3, -0.25) is 0 Å². The summed E-state index contributed by atoms with van der Waals surface area (Å²) in [5, 5.41) is 0. The van der Waals surface area contributed by atoms with Crippen LogP contribution in [0.2, 0.25) is 0 Å². The lowest BCUT2D eigenvalue weighted by Crippen LogP contribution is -2.27. The SMILES string of the molecule is CCCN1/C(=C/C=C2\CCC(/C=C/C3=[N+](CCC)c4ccccc4C3(C)C)=C2S(=O)(=O)c2ccccc2)C(C)(C)c2ccccc21. The maximum absolute atomic E-state index is 14.4. The molecule has 0 saturated carbocycles. The molecule has 0 N–H and O–H groups in total. The lowest BCUT2D eigenvalue weighted by Gasteiger charge is -2.26. The molecule has 238 valence electrons. The minimum absolute atomic E-state index is 0.186. The summed E-state index contributed by atoms with van der Waals surface area (Å²) in [6.07, 6.45) is 12.0. The van der Waals surface area contributed by atoms with Gasteiger partial charge in [-0.25, -0.2) is 8.42 Å². The molecule has 0 radical (unpaired) electrons. The Bertz CT molecular complexity index is 1920. The molecule has 0 amide bonds. The van der Waals surface area contributed by atoms with Gasteiger partial charge in [0.15, 0.2) is 5.71 Å². The molecule has 5 heteroatoms. The third-order valence-corrected chi connectivity index (χ3v) is 11.9. The van der Waals surface area contributed by atoms with Crippen molar-refractivity contribution in [2.45, 2.75) is 83.0 Å². The summed E-state index contributed by atoms with van der Waals surface area (Å²) < 4.78 is 31.2. The van der Waals surface area contributed by atoms with Gasteiger partial charge in [0.2, 0.25) is 15.5 Å². The summed E-state index contributed by atoms with van der Waals surface area (Å²) in [4.78, 5) is 3.21. The lowest BCUT2D eigenvalue weighted by molar-refractivity contribution is -0.437. The Balaban J connectivity index is 1.48. The van der Waals surface area contributed by atoms with Crippen molar-refractivity contribution in [3.8, 4) is 0 Å². The van der Waals surface area contributed by atoms with E-state index < -0.39 is 9.84 Å². The van der Waals surface area contributed by atoms with Gasteiger partial charge in [0, 0.05) is 47.5 Å². The van der Waals surface area contributed by atoms with Crippen LogP contribution in [0.5, 0.6) is 0 Å². The largest absolute Gasteiger partial charge is 0.344 e. The fourth-order valence-corrected chi connectivity index (χ4v) is 9.44. The molecule has 1 aliphatic carbocycles. The summed E-state index contributed by atoms with van der Waals surface area (Å²) in [5.74, 6) is 0. The second-order valence-electron chi connectivity index (χ2n) is 13.7. The Hall–Kier alpha value is -3.96. The number of anilines is 1. The molecule has 0 atom stereocenters. The maximum Gasteiger partial charge on any atom is 0.209 e. The first-order valence-corrected chi connectivity index (χ1v) is 18.3. The highest BCUT2D eigenvalue weighted by atomic mass is 32.2. The predicted molar refractivity (Wildman–Crippen MR) is 192 cm³/mol. The van der Waals surface area contributed by atoms with Crippen LogP contribution >= 0.6 is 0 Å². The van der Waals surface area contributed by atoms with Gasteiger partial charge in [0.25, 0.3) is 0 Å². The average Bonchev–Trinajstić information content (AvgIpc) is 3.63. The molecule has 6 rings (SSSR count). The minimum Gasteiger partial charge on any atom is -0.344 e. The van der Waals surface area contributed by atoms with E-state index >= 15 is 0 Å². The van der Waals surface area contributed by atoms with Crippen LogP contribution in [0.1, 0.15) is 78.4 Å². The molecule has 3 aromatic rings. The van der Waals surface area contributed by atoms with Crippen molar-refractivity contribution >= 4 is 26.9 Å². The smallest absolute Gasteiger partial charge is 0.209 e. The fraction of sp³-hybridized carbons (Fsp3) is 0.341. The quantitative estimate of drug-likeness (QED) is 0.221. The van der Waals surface area contributed by atoms with Gasteiger partial charge < -0.3 is 4.90 Å². The van der Waals surface area contributed by atoms with Crippen LogP contribution in [0, 0.1) is 0 Å². The van der Waals surface area contributed by atoms with Crippen LogP contribution in [-0.2, 0) is 20.7 Å². The van der Waals surface area contributed by atoms with Gasteiger partial charge in [0.1, 0.15) is 6.54 Å². The summed E-state index contributed by atoms with van der Waals surface area (Å²) in [7, 11) is -3.75. The Morgan fingerprint density at radius 3 is 2.15 bits per heavy atom. The number of benzene rings is 3. The van der Waals surface area contributed by atoms with E-state index in [1.807, 2.05) is 6.07 Å². The van der Waals surface area contributed by atoms with E-state index in [4.69, 9.17) is 0 Å². The van der Waals surface area contributed by atoms with E-state index in [0.717, 1.165) is 37.1 Å². The van der Waals surface area contributed by atoms with E-state index in [1.165, 1.54) is 33.9 Å². The molecule has 4 nitrogen and oxygen atoms in total. The second kappa shape index (κ2) is 12.3. The standard InChI is InChI=1S/C41H47N2O2S/c1-7-28-42-35-20-14-12-18-33(35)40(3,4)37(42)26-24-30-22-23-31(39(30)46(44,45)32-16-10-9-11-17-32)25-27-38-41(5,6)34-19-13-15-21-36(34)43(38)29-8-2/h9-21,24-27H,7-8,22-23,28-29H2,1-6H3/q+1. The average molecular weight is 632 g/mol. The monoisotopic (exact) mass is 631 g/mol. The number of hydrogen-bond acceptors (Lipinski definition) is 3. The normalized spacial score (nSPS) is 20.4. The first kappa shape index (κ1) is 32.0. The van der Waals surface area contributed by atoms with Crippen molar-refractivity contribution in [2.75, 3.05) is 18.0 Å². The molecular formula is C41H47N2O2S+. The molecule has 0 fully saturated rings. The molecule has 0 saturated heterocycles. The molecular weight excluding hydrogens is 585 g/mol. The highest BCUT2D eigenvalue weighted by molar-refractivity contribution is 7.95. The lowest BCUT2D eigenvalue weighted by atomic mass is 9.81. The van der Waals surface area contributed by atoms with Gasteiger partial charge >= 0.3 is 0 Å². The van der Waals surface area contributed by atoms with Crippen LogP contribution in [0.4, 0.5) is 11.4 Å². The molecule has 0 spiro atoms. The third-order valence-electron chi connectivity index (χ3n) is 9.95. The highest BCUT2D eigenvalue weighted by Crippen LogP contribution is 2.48. The van der Waals surface area contributed by atoms with Crippen LogP contribution in [0.3, 0.4) is 0 Å². The number of rotatable bonds is 9. The van der Waals surface area contributed by atoms with Gasteiger partial charge in [-0.1, -0.05) is 94.4 Å². The summed E-state index contributed by atoms with van der Waals surface area (Å²) in [5.41, 5.74) is 8.91. The van der Waals surface area contributed by atoms with E-state index in [-0.39, 0.29) is 10.8 Å². The van der Waals surface area contributed by atoms with Gasteiger partial charge in [-0.05, 0) is 74.1 Å². The number of para-hydroxylation sites is 2. The summed E-state index contributed by atoms with van der Waals surface area (Å²) in [6.45, 7) is 15.3. The van der Waals surface area contributed by atoms with Crippen LogP contribution < -0.4 is 4.90 Å². The van der Waals surface area contributed by atoms with E-state index in [0.29, 0.717) is 22.6 Å². The summed E-state index contributed by atoms with van der Waals surface area (Å²) >= 11 is 0. The van der Waals surface area contributed by atoms with Gasteiger partial charge in [0.05, 0.1) is 15.2 Å². The number of fused-ring (bicyclic) bond motifs is 2. The molecule has 2 aliphatic heterocycles. The zero-order valence-corrected chi connectivity index (χ0v) is 29.0. The molecule has 46 heavy (non-hydrogen) atoms. The zero-order chi connectivity index (χ0) is 32.7. The van der Waals surface area contributed by atoms with E-state index in [2.05, 4.69) is 124 Å². The Labute approximate surface area is 276 Å². The van der Waals surface area contributed by atoms with Crippen molar-refractivity contribution in [2.24, 2.45) is 0 Å². The van der Waals surface area contributed by atoms with Crippen molar-refractivity contribution in [1.82, 2.24) is 0 Å². The van der Waals surface area contributed by atoms with E-state index in [9.17, 15) is 8.42 Å². The predicted octanol–water partition coefficient (Wildman–Crippen LogP) is 9.57. The molecule has 3 aliphatic rings. The zero-order valence-electron chi connectivity index (χ0n) is 28.2. The first-order valence-electron chi connectivity index (χ1n) is 16.8.